The molecule has 1 fully saturated rings. The number of hydrogen-bond donors (Lipinski definition) is 1. The molecule has 1 aromatic carbocycles. The van der Waals surface area contributed by atoms with Gasteiger partial charge in [-0.05, 0) is 25.3 Å². The number of rotatable bonds is 3. The van der Waals surface area contributed by atoms with Crippen molar-refractivity contribution < 1.29 is 9.90 Å². The summed E-state index contributed by atoms with van der Waals surface area (Å²) in [6, 6.07) is 10.4. The molecule has 6 heteroatoms. The Hall–Kier alpha value is -2.63. The lowest BCUT2D eigenvalue weighted by Gasteiger charge is -2.36. The summed E-state index contributed by atoms with van der Waals surface area (Å²) >= 11 is 0. The number of nitrogens with zero attached hydrogens (tertiary/aromatic N) is 3. The highest BCUT2D eigenvalue weighted by atomic mass is 16.3. The van der Waals surface area contributed by atoms with Crippen molar-refractivity contribution in [3.8, 4) is 5.75 Å². The number of aromatic nitrogens is 2. The van der Waals surface area contributed by atoms with Crippen LogP contribution in [-0.2, 0) is 18.4 Å². The molecule has 1 saturated carbocycles. The molecule has 2 aromatic rings. The Morgan fingerprint density at radius 3 is 2.52 bits per heavy atom. The molecule has 1 amide bonds. The fourth-order valence-corrected chi connectivity index (χ4v) is 4.60. The van der Waals surface area contributed by atoms with Crippen LogP contribution in [0.3, 0.4) is 0 Å². The maximum atomic E-state index is 12.7. The van der Waals surface area contributed by atoms with Crippen molar-refractivity contribution in [2.45, 2.75) is 57.0 Å². The molecular weight excluding hydrogens is 342 g/mol. The van der Waals surface area contributed by atoms with Crippen LogP contribution in [0.5, 0.6) is 5.75 Å². The van der Waals surface area contributed by atoms with E-state index in [1.807, 2.05) is 25.1 Å². The molecule has 0 spiro atoms. The normalized spacial score (nSPS) is 21.3. The van der Waals surface area contributed by atoms with E-state index in [1.165, 1.54) is 5.56 Å². The predicted octanol–water partition coefficient (Wildman–Crippen LogP) is 2.48. The minimum Gasteiger partial charge on any atom is -0.501 e. The summed E-state index contributed by atoms with van der Waals surface area (Å²) < 4.78 is 1.77. The number of carbonyl (C=O) groups is 1. The number of carbonyl (C=O) groups excluding carboxylic acids is 1. The smallest absolute Gasteiger partial charge is 0.315 e. The van der Waals surface area contributed by atoms with Crippen molar-refractivity contribution >= 4 is 5.91 Å². The van der Waals surface area contributed by atoms with E-state index in [2.05, 4.69) is 17.1 Å². The largest absolute Gasteiger partial charge is 0.501 e. The van der Waals surface area contributed by atoms with Crippen LogP contribution in [0, 0.1) is 0 Å². The van der Waals surface area contributed by atoms with Crippen LogP contribution in [0.1, 0.15) is 54.5 Å². The van der Waals surface area contributed by atoms with E-state index in [-0.39, 0.29) is 23.1 Å². The Bertz CT molecular complexity index is 930. The Morgan fingerprint density at radius 1 is 1.19 bits per heavy atom. The molecule has 1 aliphatic carbocycles. The third kappa shape index (κ3) is 2.83. The van der Waals surface area contributed by atoms with Gasteiger partial charge in [-0.15, -0.1) is 0 Å². The third-order valence-corrected chi connectivity index (χ3v) is 6.31. The van der Waals surface area contributed by atoms with Crippen LogP contribution in [0.15, 0.2) is 35.1 Å². The molecule has 27 heavy (non-hydrogen) atoms. The molecule has 142 valence electrons. The van der Waals surface area contributed by atoms with E-state index in [4.69, 9.17) is 0 Å². The summed E-state index contributed by atoms with van der Waals surface area (Å²) in [6.07, 6.45) is 4.95. The van der Waals surface area contributed by atoms with Crippen LogP contribution in [0.2, 0.25) is 0 Å². The molecule has 0 saturated heterocycles. The second-order valence-electron chi connectivity index (χ2n) is 7.94. The first-order valence-corrected chi connectivity index (χ1v) is 9.58. The third-order valence-electron chi connectivity index (χ3n) is 6.31. The molecule has 2 aliphatic rings. The van der Waals surface area contributed by atoms with E-state index >= 15 is 0 Å². The minimum absolute atomic E-state index is 0.0243. The highest BCUT2D eigenvalue weighted by molar-refractivity contribution is 5.95. The van der Waals surface area contributed by atoms with Gasteiger partial charge in [0.05, 0.1) is 0 Å². The molecule has 4 rings (SSSR count). The van der Waals surface area contributed by atoms with Crippen molar-refractivity contribution in [3.05, 3.63) is 57.8 Å². The molecule has 1 aliphatic heterocycles. The summed E-state index contributed by atoms with van der Waals surface area (Å²) in [5.74, 6) is -0.262. The maximum absolute atomic E-state index is 12.7. The number of amides is 1. The topological polar surface area (TPSA) is 75.4 Å². The van der Waals surface area contributed by atoms with Gasteiger partial charge in [-0.2, -0.15) is 4.98 Å². The number of aromatic hydroxyl groups is 1. The van der Waals surface area contributed by atoms with Gasteiger partial charge in [0.25, 0.3) is 5.91 Å². The molecule has 2 heterocycles. The van der Waals surface area contributed by atoms with Gasteiger partial charge in [-0.3, -0.25) is 9.59 Å². The zero-order valence-electron chi connectivity index (χ0n) is 15.8. The fraction of sp³-hybridized carbons (Fsp3) is 0.476. The minimum atomic E-state index is -0.714. The second-order valence-corrected chi connectivity index (χ2v) is 7.94. The molecule has 6 nitrogen and oxygen atoms in total. The second kappa shape index (κ2) is 6.51. The SMILES string of the molecule is CC1Cn2c(CC3(c4ccccc4)CCCC3)nc(=O)c(O)c2C(=O)N1C. The van der Waals surface area contributed by atoms with Gasteiger partial charge in [0.2, 0.25) is 5.75 Å². The Morgan fingerprint density at radius 2 is 1.85 bits per heavy atom. The molecule has 1 unspecified atom stereocenters. The van der Waals surface area contributed by atoms with Crippen molar-refractivity contribution in [3.63, 3.8) is 0 Å². The lowest BCUT2D eigenvalue weighted by molar-refractivity contribution is 0.0660. The average molecular weight is 367 g/mol. The van der Waals surface area contributed by atoms with Crippen molar-refractivity contribution in [2.24, 2.45) is 0 Å². The van der Waals surface area contributed by atoms with Crippen LogP contribution >= 0.6 is 0 Å². The van der Waals surface area contributed by atoms with E-state index in [9.17, 15) is 14.7 Å². The number of fused-ring (bicyclic) bond motifs is 1. The number of likely N-dealkylation sites (N-methyl/N-ethyl adjacent to an activating group) is 1. The molecular formula is C21H25N3O3. The highest BCUT2D eigenvalue weighted by Gasteiger charge is 2.39. The van der Waals surface area contributed by atoms with Gasteiger partial charge < -0.3 is 14.6 Å². The van der Waals surface area contributed by atoms with Crippen molar-refractivity contribution in [2.75, 3.05) is 7.05 Å². The zero-order valence-corrected chi connectivity index (χ0v) is 15.8. The molecule has 1 atom stereocenters. The average Bonchev–Trinajstić information content (AvgIpc) is 3.14. The zero-order chi connectivity index (χ0) is 19.2. The van der Waals surface area contributed by atoms with Gasteiger partial charge in [0, 0.05) is 31.5 Å². The summed E-state index contributed by atoms with van der Waals surface area (Å²) in [5.41, 5.74) is 0.542. The van der Waals surface area contributed by atoms with Crippen molar-refractivity contribution in [1.82, 2.24) is 14.5 Å². The molecule has 1 N–H and O–H groups in total. The van der Waals surface area contributed by atoms with E-state index < -0.39 is 11.3 Å². The Labute approximate surface area is 158 Å². The number of hydrogen-bond acceptors (Lipinski definition) is 4. The summed E-state index contributed by atoms with van der Waals surface area (Å²) in [4.78, 5) is 30.8. The van der Waals surface area contributed by atoms with Gasteiger partial charge in [0.15, 0.2) is 5.69 Å². The highest BCUT2D eigenvalue weighted by Crippen LogP contribution is 2.43. The van der Waals surface area contributed by atoms with E-state index in [1.54, 1.807) is 16.5 Å². The monoisotopic (exact) mass is 367 g/mol. The first-order valence-electron chi connectivity index (χ1n) is 9.58. The maximum Gasteiger partial charge on any atom is 0.315 e. The van der Waals surface area contributed by atoms with Crippen LogP contribution in [0.25, 0.3) is 0 Å². The van der Waals surface area contributed by atoms with Crippen LogP contribution < -0.4 is 5.56 Å². The Kier molecular flexibility index (Phi) is 4.29. The standard InChI is InChI=1S/C21H25N3O3/c1-14-13-24-16(22-19(26)18(25)17(24)20(27)23(14)2)12-21(10-6-7-11-21)15-8-4-3-5-9-15/h3-5,8-9,14,25H,6-7,10-13H2,1-2H3. The van der Waals surface area contributed by atoms with Crippen LogP contribution in [0.4, 0.5) is 0 Å². The van der Waals surface area contributed by atoms with Crippen LogP contribution in [-0.4, -0.2) is 38.6 Å². The van der Waals surface area contributed by atoms with Gasteiger partial charge in [-0.1, -0.05) is 43.2 Å². The molecule has 1 aromatic heterocycles. The van der Waals surface area contributed by atoms with Gasteiger partial charge in [0.1, 0.15) is 5.82 Å². The first kappa shape index (κ1) is 17.8. The van der Waals surface area contributed by atoms with E-state index in [0.717, 1.165) is 25.7 Å². The number of benzene rings is 1. The summed E-state index contributed by atoms with van der Waals surface area (Å²) in [6.45, 7) is 2.49. The fourth-order valence-electron chi connectivity index (χ4n) is 4.60. The van der Waals surface area contributed by atoms with Gasteiger partial charge >= 0.3 is 5.56 Å². The lowest BCUT2D eigenvalue weighted by Crippen LogP contribution is -2.47. The quantitative estimate of drug-likeness (QED) is 0.904. The Balaban J connectivity index is 1.84. The molecule has 0 radical (unpaired) electrons. The summed E-state index contributed by atoms with van der Waals surface area (Å²) in [5, 5.41) is 10.2. The molecule has 0 bridgehead atoms. The van der Waals surface area contributed by atoms with E-state index in [0.29, 0.717) is 18.8 Å². The first-order chi connectivity index (χ1) is 12.9. The predicted molar refractivity (Wildman–Crippen MR) is 102 cm³/mol. The summed E-state index contributed by atoms with van der Waals surface area (Å²) in [7, 11) is 1.70. The van der Waals surface area contributed by atoms with Gasteiger partial charge in [-0.25, -0.2) is 0 Å². The van der Waals surface area contributed by atoms with Crippen molar-refractivity contribution in [1.29, 1.82) is 0 Å². The lowest BCUT2D eigenvalue weighted by atomic mass is 9.76.